The summed E-state index contributed by atoms with van der Waals surface area (Å²) in [6.45, 7) is 14.7. The standard InChI is InChI=1S/C13H23N/c1-5-12(4)14-8-6-13(7-9-14)10-11(2)3/h5,11,13H,1,4,6-10H2,2-3H3. The molecule has 1 saturated heterocycles. The van der Waals surface area contributed by atoms with E-state index in [4.69, 9.17) is 0 Å². The first-order valence-electron chi connectivity index (χ1n) is 5.69. The van der Waals surface area contributed by atoms with Gasteiger partial charge in [0.05, 0.1) is 0 Å². The second-order valence-corrected chi connectivity index (χ2v) is 4.76. The van der Waals surface area contributed by atoms with Crippen molar-refractivity contribution < 1.29 is 0 Å². The molecule has 0 aromatic heterocycles. The first kappa shape index (κ1) is 11.4. The van der Waals surface area contributed by atoms with Crippen molar-refractivity contribution in [3.05, 3.63) is 24.9 Å². The smallest absolute Gasteiger partial charge is 0.0287 e. The fourth-order valence-electron chi connectivity index (χ4n) is 2.25. The molecule has 1 heteroatoms. The summed E-state index contributed by atoms with van der Waals surface area (Å²) in [6, 6.07) is 0. The van der Waals surface area contributed by atoms with Gasteiger partial charge < -0.3 is 4.90 Å². The van der Waals surface area contributed by atoms with Gasteiger partial charge in [-0.2, -0.15) is 0 Å². The van der Waals surface area contributed by atoms with Crippen molar-refractivity contribution in [1.82, 2.24) is 4.90 Å². The molecule has 14 heavy (non-hydrogen) atoms. The van der Waals surface area contributed by atoms with Gasteiger partial charge in [-0.05, 0) is 37.2 Å². The fourth-order valence-corrected chi connectivity index (χ4v) is 2.25. The molecule has 1 heterocycles. The summed E-state index contributed by atoms with van der Waals surface area (Å²) in [7, 11) is 0. The quantitative estimate of drug-likeness (QED) is 0.618. The number of allylic oxidation sites excluding steroid dienone is 1. The van der Waals surface area contributed by atoms with Crippen LogP contribution in [0.5, 0.6) is 0 Å². The SMILES string of the molecule is C=CC(=C)N1CCC(CC(C)C)CC1. The zero-order valence-electron chi connectivity index (χ0n) is 9.63. The largest absolute Gasteiger partial charge is 0.372 e. The van der Waals surface area contributed by atoms with Crippen LogP contribution in [0, 0.1) is 11.8 Å². The van der Waals surface area contributed by atoms with Gasteiger partial charge in [-0.15, -0.1) is 0 Å². The van der Waals surface area contributed by atoms with E-state index in [1.807, 2.05) is 6.08 Å². The minimum Gasteiger partial charge on any atom is -0.372 e. The third kappa shape index (κ3) is 3.21. The van der Waals surface area contributed by atoms with Gasteiger partial charge in [-0.25, -0.2) is 0 Å². The van der Waals surface area contributed by atoms with Gasteiger partial charge in [-0.1, -0.05) is 27.0 Å². The van der Waals surface area contributed by atoms with Crippen molar-refractivity contribution in [2.24, 2.45) is 11.8 Å². The molecule has 0 N–H and O–H groups in total. The van der Waals surface area contributed by atoms with E-state index in [2.05, 4.69) is 31.9 Å². The number of piperidine rings is 1. The fraction of sp³-hybridized carbons (Fsp3) is 0.692. The minimum atomic E-state index is 0.842. The molecule has 0 spiro atoms. The maximum atomic E-state index is 3.99. The Morgan fingerprint density at radius 3 is 2.43 bits per heavy atom. The molecule has 0 bridgehead atoms. The van der Waals surface area contributed by atoms with Gasteiger partial charge in [-0.3, -0.25) is 0 Å². The molecule has 1 nitrogen and oxygen atoms in total. The van der Waals surface area contributed by atoms with E-state index >= 15 is 0 Å². The van der Waals surface area contributed by atoms with Crippen molar-refractivity contribution in [1.29, 1.82) is 0 Å². The summed E-state index contributed by atoms with van der Waals surface area (Å²) >= 11 is 0. The van der Waals surface area contributed by atoms with Crippen LogP contribution in [0.4, 0.5) is 0 Å². The zero-order valence-corrected chi connectivity index (χ0v) is 9.63. The second-order valence-electron chi connectivity index (χ2n) is 4.76. The first-order chi connectivity index (χ1) is 6.63. The van der Waals surface area contributed by atoms with Gasteiger partial charge in [0, 0.05) is 18.8 Å². The topological polar surface area (TPSA) is 3.24 Å². The highest BCUT2D eigenvalue weighted by Gasteiger charge is 2.19. The number of likely N-dealkylation sites (tertiary alicyclic amines) is 1. The van der Waals surface area contributed by atoms with E-state index in [0.717, 1.165) is 17.5 Å². The Morgan fingerprint density at radius 2 is 2.00 bits per heavy atom. The zero-order chi connectivity index (χ0) is 10.6. The Kier molecular flexibility index (Phi) is 4.24. The molecule has 0 aromatic rings. The normalized spacial score (nSPS) is 18.6. The maximum Gasteiger partial charge on any atom is 0.0287 e. The molecule has 1 aliphatic rings. The van der Waals surface area contributed by atoms with E-state index in [1.54, 1.807) is 0 Å². The van der Waals surface area contributed by atoms with Crippen LogP contribution in [-0.4, -0.2) is 18.0 Å². The molecule has 1 aliphatic heterocycles. The molecular weight excluding hydrogens is 170 g/mol. The van der Waals surface area contributed by atoms with Crippen LogP contribution in [-0.2, 0) is 0 Å². The molecule has 0 radical (unpaired) electrons. The van der Waals surface area contributed by atoms with Crippen LogP contribution in [0.1, 0.15) is 33.1 Å². The molecule has 1 rings (SSSR count). The summed E-state index contributed by atoms with van der Waals surface area (Å²) in [4.78, 5) is 2.35. The lowest BCUT2D eigenvalue weighted by Gasteiger charge is -2.34. The predicted molar refractivity (Wildman–Crippen MR) is 63.1 cm³/mol. The van der Waals surface area contributed by atoms with Crippen molar-refractivity contribution >= 4 is 0 Å². The molecule has 0 aromatic carbocycles. The average Bonchev–Trinajstić information content (AvgIpc) is 2.17. The summed E-state index contributed by atoms with van der Waals surface area (Å²) in [6.07, 6.45) is 5.90. The molecular formula is C13H23N. The monoisotopic (exact) mass is 193 g/mol. The summed E-state index contributed by atoms with van der Waals surface area (Å²) < 4.78 is 0. The van der Waals surface area contributed by atoms with Gasteiger partial charge in [0.1, 0.15) is 0 Å². The number of hydrogen-bond donors (Lipinski definition) is 0. The lowest BCUT2D eigenvalue weighted by molar-refractivity contribution is 0.212. The second kappa shape index (κ2) is 5.23. The van der Waals surface area contributed by atoms with Crippen LogP contribution in [0.3, 0.4) is 0 Å². The molecule has 0 atom stereocenters. The van der Waals surface area contributed by atoms with Gasteiger partial charge in [0.15, 0.2) is 0 Å². The van der Waals surface area contributed by atoms with E-state index in [1.165, 1.54) is 32.4 Å². The summed E-state index contributed by atoms with van der Waals surface area (Å²) in [5.74, 6) is 1.78. The lowest BCUT2D eigenvalue weighted by Crippen LogP contribution is -2.32. The van der Waals surface area contributed by atoms with Crippen molar-refractivity contribution in [3.63, 3.8) is 0 Å². The average molecular weight is 193 g/mol. The Hall–Kier alpha value is -0.720. The Morgan fingerprint density at radius 1 is 1.43 bits per heavy atom. The van der Waals surface area contributed by atoms with Crippen LogP contribution in [0.25, 0.3) is 0 Å². The van der Waals surface area contributed by atoms with Gasteiger partial charge in [0.25, 0.3) is 0 Å². The Balaban J connectivity index is 2.31. The van der Waals surface area contributed by atoms with E-state index in [-0.39, 0.29) is 0 Å². The number of hydrogen-bond acceptors (Lipinski definition) is 1. The number of rotatable bonds is 4. The van der Waals surface area contributed by atoms with Gasteiger partial charge >= 0.3 is 0 Å². The Bertz CT molecular complexity index is 197. The van der Waals surface area contributed by atoms with Crippen molar-refractivity contribution in [2.45, 2.75) is 33.1 Å². The molecule has 0 amide bonds. The van der Waals surface area contributed by atoms with Crippen molar-refractivity contribution in [2.75, 3.05) is 13.1 Å². The van der Waals surface area contributed by atoms with Crippen LogP contribution in [0.2, 0.25) is 0 Å². The molecule has 0 saturated carbocycles. The Labute approximate surface area is 88.5 Å². The summed E-state index contributed by atoms with van der Waals surface area (Å²) in [5.41, 5.74) is 1.09. The van der Waals surface area contributed by atoms with E-state index in [0.29, 0.717) is 0 Å². The third-order valence-corrected chi connectivity index (χ3v) is 3.06. The predicted octanol–water partition coefficient (Wildman–Crippen LogP) is 3.44. The molecule has 80 valence electrons. The molecule has 0 unspecified atom stereocenters. The number of nitrogens with zero attached hydrogens (tertiary/aromatic N) is 1. The highest BCUT2D eigenvalue weighted by atomic mass is 15.1. The van der Waals surface area contributed by atoms with Crippen LogP contribution >= 0.6 is 0 Å². The van der Waals surface area contributed by atoms with Crippen molar-refractivity contribution in [3.8, 4) is 0 Å². The van der Waals surface area contributed by atoms with Crippen LogP contribution in [0.15, 0.2) is 24.9 Å². The van der Waals surface area contributed by atoms with E-state index in [9.17, 15) is 0 Å². The first-order valence-corrected chi connectivity index (χ1v) is 5.69. The van der Waals surface area contributed by atoms with Crippen LogP contribution < -0.4 is 0 Å². The third-order valence-electron chi connectivity index (χ3n) is 3.06. The minimum absolute atomic E-state index is 0.842. The maximum absolute atomic E-state index is 3.99. The van der Waals surface area contributed by atoms with Gasteiger partial charge in [0.2, 0.25) is 0 Å². The highest BCUT2D eigenvalue weighted by molar-refractivity contribution is 5.10. The molecule has 0 aliphatic carbocycles. The highest BCUT2D eigenvalue weighted by Crippen LogP contribution is 2.25. The van der Waals surface area contributed by atoms with E-state index < -0.39 is 0 Å². The molecule has 1 fully saturated rings. The summed E-state index contributed by atoms with van der Waals surface area (Å²) in [5, 5.41) is 0. The lowest BCUT2D eigenvalue weighted by atomic mass is 9.88.